The molecule has 1 aromatic carbocycles. The fourth-order valence-electron chi connectivity index (χ4n) is 2.54. The molecule has 1 N–H and O–H groups in total. The first-order valence-electron chi connectivity index (χ1n) is 8.29. The van der Waals surface area contributed by atoms with Gasteiger partial charge in [0.2, 0.25) is 0 Å². The van der Waals surface area contributed by atoms with Crippen LogP contribution in [0, 0.1) is 0 Å². The molecule has 2 rings (SSSR count). The maximum atomic E-state index is 11.9. The summed E-state index contributed by atoms with van der Waals surface area (Å²) in [5, 5.41) is 2.89. The van der Waals surface area contributed by atoms with Gasteiger partial charge in [0.15, 0.2) is 0 Å². The van der Waals surface area contributed by atoms with E-state index in [1.165, 1.54) is 0 Å². The van der Waals surface area contributed by atoms with Gasteiger partial charge in [-0.2, -0.15) is 0 Å². The van der Waals surface area contributed by atoms with Gasteiger partial charge in [0.1, 0.15) is 11.4 Å². The number of nitrogens with zero attached hydrogens (tertiary/aromatic N) is 1. The van der Waals surface area contributed by atoms with Crippen LogP contribution in [-0.2, 0) is 9.53 Å². The van der Waals surface area contributed by atoms with Crippen LogP contribution in [0.5, 0.6) is 5.75 Å². The zero-order valence-electron chi connectivity index (χ0n) is 14.6. The van der Waals surface area contributed by atoms with Gasteiger partial charge in [0.25, 0.3) is 0 Å². The Morgan fingerprint density at radius 1 is 1.17 bits per heavy atom. The Bertz CT molecular complexity index is 546. The molecule has 0 spiro atoms. The number of rotatable bonds is 4. The Labute approximate surface area is 143 Å². The number of hydrogen-bond acceptors (Lipinski definition) is 5. The van der Waals surface area contributed by atoms with E-state index in [-0.39, 0.29) is 24.6 Å². The molecule has 132 valence electrons. The third-order valence-corrected chi connectivity index (χ3v) is 3.64. The average Bonchev–Trinajstić information content (AvgIpc) is 2.48. The zero-order valence-corrected chi connectivity index (χ0v) is 14.6. The fraction of sp³-hybridized carbons (Fsp3) is 0.556. The summed E-state index contributed by atoms with van der Waals surface area (Å²) in [7, 11) is 0. The Kier molecular flexibility index (Phi) is 6.20. The van der Waals surface area contributed by atoms with Gasteiger partial charge >= 0.3 is 12.1 Å². The van der Waals surface area contributed by atoms with Gasteiger partial charge in [0, 0.05) is 19.1 Å². The maximum absolute atomic E-state index is 11.9. The topological polar surface area (TPSA) is 67.9 Å². The monoisotopic (exact) mass is 334 g/mol. The molecule has 1 heterocycles. The van der Waals surface area contributed by atoms with E-state index in [1.54, 1.807) is 12.1 Å². The van der Waals surface area contributed by atoms with Gasteiger partial charge in [-0.05, 0) is 45.7 Å². The van der Waals surface area contributed by atoms with Crippen LogP contribution in [0.25, 0.3) is 0 Å². The minimum Gasteiger partial charge on any atom is -0.444 e. The van der Waals surface area contributed by atoms with Crippen LogP contribution in [0.15, 0.2) is 30.3 Å². The van der Waals surface area contributed by atoms with Crippen molar-refractivity contribution in [1.29, 1.82) is 0 Å². The summed E-state index contributed by atoms with van der Waals surface area (Å²) in [6, 6.07) is 9.14. The van der Waals surface area contributed by atoms with Crippen LogP contribution < -0.4 is 10.1 Å². The second-order valence-corrected chi connectivity index (χ2v) is 6.98. The van der Waals surface area contributed by atoms with Crippen molar-refractivity contribution in [1.82, 2.24) is 10.2 Å². The lowest BCUT2D eigenvalue weighted by Crippen LogP contribution is -2.47. The van der Waals surface area contributed by atoms with Crippen molar-refractivity contribution in [2.75, 3.05) is 19.6 Å². The largest absolute Gasteiger partial charge is 0.444 e. The Balaban J connectivity index is 1.69. The average molecular weight is 334 g/mol. The van der Waals surface area contributed by atoms with Crippen LogP contribution in [-0.4, -0.2) is 48.2 Å². The third-order valence-electron chi connectivity index (χ3n) is 3.64. The van der Waals surface area contributed by atoms with Crippen molar-refractivity contribution in [3.63, 3.8) is 0 Å². The van der Waals surface area contributed by atoms with E-state index in [1.807, 2.05) is 43.9 Å². The van der Waals surface area contributed by atoms with E-state index < -0.39 is 5.60 Å². The van der Waals surface area contributed by atoms with Gasteiger partial charge < -0.3 is 14.8 Å². The van der Waals surface area contributed by atoms with E-state index in [0.29, 0.717) is 5.75 Å². The normalized spacial score (nSPS) is 16.5. The maximum Gasteiger partial charge on any atom is 0.407 e. The predicted molar refractivity (Wildman–Crippen MR) is 90.9 cm³/mol. The molecule has 0 atom stereocenters. The number of esters is 1. The number of hydrogen-bond donors (Lipinski definition) is 1. The van der Waals surface area contributed by atoms with Crippen molar-refractivity contribution in [2.45, 2.75) is 45.3 Å². The Morgan fingerprint density at radius 2 is 1.79 bits per heavy atom. The first-order valence-corrected chi connectivity index (χ1v) is 8.29. The molecule has 0 radical (unpaired) electrons. The number of nitrogens with one attached hydrogen (secondary N) is 1. The summed E-state index contributed by atoms with van der Waals surface area (Å²) >= 11 is 0. The molecule has 0 bridgehead atoms. The molecule has 1 aromatic rings. The molecule has 0 saturated carbocycles. The Hall–Kier alpha value is -2.08. The number of carbonyl (C=O) groups excluding carboxylic acids is 2. The summed E-state index contributed by atoms with van der Waals surface area (Å²) < 4.78 is 10.6. The summed E-state index contributed by atoms with van der Waals surface area (Å²) in [6.45, 7) is 7.26. The van der Waals surface area contributed by atoms with Crippen molar-refractivity contribution in [2.24, 2.45) is 0 Å². The molecule has 1 aliphatic rings. The molecular formula is C18H26N2O4. The fourth-order valence-corrected chi connectivity index (χ4v) is 2.54. The Morgan fingerprint density at radius 3 is 2.38 bits per heavy atom. The zero-order chi connectivity index (χ0) is 17.6. The van der Waals surface area contributed by atoms with Crippen molar-refractivity contribution >= 4 is 12.1 Å². The summed E-state index contributed by atoms with van der Waals surface area (Å²) in [4.78, 5) is 25.8. The highest BCUT2D eigenvalue weighted by Crippen LogP contribution is 2.13. The molecule has 0 unspecified atom stereocenters. The van der Waals surface area contributed by atoms with E-state index in [0.717, 1.165) is 25.9 Å². The minimum atomic E-state index is -0.494. The molecule has 0 aliphatic carbocycles. The van der Waals surface area contributed by atoms with Crippen LogP contribution in [0.2, 0.25) is 0 Å². The molecule has 1 amide bonds. The molecule has 6 heteroatoms. The number of para-hydroxylation sites is 1. The second-order valence-electron chi connectivity index (χ2n) is 6.98. The summed E-state index contributed by atoms with van der Waals surface area (Å²) in [5.41, 5.74) is -0.494. The highest BCUT2D eigenvalue weighted by Gasteiger charge is 2.24. The minimum absolute atomic E-state index is 0.0845. The van der Waals surface area contributed by atoms with Gasteiger partial charge in [-0.25, -0.2) is 4.79 Å². The van der Waals surface area contributed by atoms with Gasteiger partial charge in [-0.3, -0.25) is 9.69 Å². The molecule has 24 heavy (non-hydrogen) atoms. The number of ether oxygens (including phenoxy) is 2. The lowest BCUT2D eigenvalue weighted by Gasteiger charge is -2.32. The quantitative estimate of drug-likeness (QED) is 0.677. The molecule has 1 saturated heterocycles. The van der Waals surface area contributed by atoms with Crippen LogP contribution >= 0.6 is 0 Å². The number of benzene rings is 1. The number of piperidine rings is 1. The molecule has 1 aliphatic heterocycles. The smallest absolute Gasteiger partial charge is 0.407 e. The van der Waals surface area contributed by atoms with E-state index in [2.05, 4.69) is 5.32 Å². The highest BCUT2D eigenvalue weighted by molar-refractivity contribution is 5.74. The molecule has 1 fully saturated rings. The van der Waals surface area contributed by atoms with E-state index in [9.17, 15) is 9.59 Å². The summed E-state index contributed by atoms with van der Waals surface area (Å²) in [5.74, 6) is 0.295. The highest BCUT2D eigenvalue weighted by atomic mass is 16.6. The molecule has 6 nitrogen and oxygen atoms in total. The first kappa shape index (κ1) is 18.3. The van der Waals surface area contributed by atoms with Crippen molar-refractivity contribution in [3.8, 4) is 5.75 Å². The van der Waals surface area contributed by atoms with Crippen molar-refractivity contribution in [3.05, 3.63) is 30.3 Å². The first-order chi connectivity index (χ1) is 11.3. The summed E-state index contributed by atoms with van der Waals surface area (Å²) in [6.07, 6.45) is 1.19. The third kappa shape index (κ3) is 6.58. The van der Waals surface area contributed by atoms with Crippen molar-refractivity contribution < 1.29 is 19.1 Å². The standard InChI is InChI=1S/C18H26N2O4/c1-18(2,3)24-17(22)19-14-9-11-20(12-10-14)13-16(21)23-15-7-5-4-6-8-15/h4-8,14H,9-13H2,1-3H3,(H,19,22). The van der Waals surface area contributed by atoms with Crippen LogP contribution in [0.1, 0.15) is 33.6 Å². The predicted octanol–water partition coefficient (Wildman–Crippen LogP) is 2.58. The van der Waals surface area contributed by atoms with Gasteiger partial charge in [-0.1, -0.05) is 18.2 Å². The number of carbonyl (C=O) groups is 2. The molecular weight excluding hydrogens is 308 g/mol. The number of alkyl carbamates (subject to hydrolysis) is 1. The van der Waals surface area contributed by atoms with Gasteiger partial charge in [-0.15, -0.1) is 0 Å². The number of likely N-dealkylation sites (tertiary alicyclic amines) is 1. The van der Waals surface area contributed by atoms with Crippen LogP contribution in [0.3, 0.4) is 0 Å². The van der Waals surface area contributed by atoms with E-state index in [4.69, 9.17) is 9.47 Å². The van der Waals surface area contributed by atoms with E-state index >= 15 is 0 Å². The van der Waals surface area contributed by atoms with Gasteiger partial charge in [0.05, 0.1) is 6.54 Å². The number of amides is 1. The van der Waals surface area contributed by atoms with Crippen LogP contribution in [0.4, 0.5) is 4.79 Å². The molecule has 0 aromatic heterocycles. The lowest BCUT2D eigenvalue weighted by atomic mass is 10.1. The lowest BCUT2D eigenvalue weighted by molar-refractivity contribution is -0.136. The SMILES string of the molecule is CC(C)(C)OC(=O)NC1CCN(CC(=O)Oc2ccccc2)CC1. The second kappa shape index (κ2) is 8.15.